The topological polar surface area (TPSA) is 95.9 Å². The molecule has 0 fully saturated rings. The molecular weight excluding hydrogens is 458 g/mol. The summed E-state index contributed by atoms with van der Waals surface area (Å²) in [5, 5.41) is 5.79. The maximum atomic E-state index is 13.5. The highest BCUT2D eigenvalue weighted by Crippen LogP contribution is 2.27. The van der Waals surface area contributed by atoms with Gasteiger partial charge in [0.25, 0.3) is 5.56 Å². The SMILES string of the molecule is CCOC(=O)[C@@H](C)Oc1ccccc1C=Nn1c(-c2cc3ccccc3o2)nc2ccccc2c1=O. The smallest absolute Gasteiger partial charge is 0.347 e. The lowest BCUT2D eigenvalue weighted by atomic mass is 10.2. The molecule has 0 amide bonds. The molecule has 5 rings (SSSR count). The van der Waals surface area contributed by atoms with Gasteiger partial charge in [0, 0.05) is 10.9 Å². The number of rotatable bonds is 7. The van der Waals surface area contributed by atoms with Gasteiger partial charge in [0.05, 0.1) is 23.7 Å². The number of fused-ring (bicyclic) bond motifs is 2. The minimum Gasteiger partial charge on any atom is -0.478 e. The third-order valence-corrected chi connectivity index (χ3v) is 5.55. The molecule has 36 heavy (non-hydrogen) atoms. The molecule has 0 aliphatic carbocycles. The lowest BCUT2D eigenvalue weighted by Crippen LogP contribution is -2.26. The van der Waals surface area contributed by atoms with Gasteiger partial charge in [0.1, 0.15) is 11.3 Å². The van der Waals surface area contributed by atoms with Gasteiger partial charge in [-0.25, -0.2) is 9.78 Å². The van der Waals surface area contributed by atoms with Crippen molar-refractivity contribution < 1.29 is 18.7 Å². The van der Waals surface area contributed by atoms with Gasteiger partial charge >= 0.3 is 5.97 Å². The Labute approximate surface area is 206 Å². The summed E-state index contributed by atoms with van der Waals surface area (Å²) < 4.78 is 18.1. The Balaban J connectivity index is 1.60. The van der Waals surface area contributed by atoms with Crippen LogP contribution in [0.25, 0.3) is 33.5 Å². The van der Waals surface area contributed by atoms with E-state index in [-0.39, 0.29) is 18.0 Å². The number of hydrogen-bond acceptors (Lipinski definition) is 7. The molecule has 0 spiro atoms. The minimum absolute atomic E-state index is 0.262. The summed E-state index contributed by atoms with van der Waals surface area (Å²) in [6, 6.07) is 23.6. The standard InChI is InChI=1S/C28H23N3O5/c1-3-34-28(33)18(2)35-24-15-9-5-11-20(24)17-29-31-26(25-16-19-10-4-8-14-23(19)36-25)30-22-13-7-6-12-21(22)27(31)32/h4-18H,3H2,1-2H3/t18-/m1/s1. The summed E-state index contributed by atoms with van der Waals surface area (Å²) in [4.78, 5) is 30.2. The van der Waals surface area contributed by atoms with E-state index < -0.39 is 12.1 Å². The molecule has 3 aromatic carbocycles. The average Bonchev–Trinajstić information content (AvgIpc) is 3.33. The molecule has 0 aliphatic rings. The first-order valence-corrected chi connectivity index (χ1v) is 11.5. The number of hydrogen-bond donors (Lipinski definition) is 0. The lowest BCUT2D eigenvalue weighted by molar-refractivity contribution is -0.150. The fourth-order valence-electron chi connectivity index (χ4n) is 3.80. The van der Waals surface area contributed by atoms with E-state index >= 15 is 0 Å². The van der Waals surface area contributed by atoms with Crippen molar-refractivity contribution >= 4 is 34.1 Å². The Hall–Kier alpha value is -4.72. The number of carbonyl (C=O) groups excluding carboxylic acids is 1. The number of carbonyl (C=O) groups is 1. The zero-order chi connectivity index (χ0) is 25.1. The second-order valence-corrected chi connectivity index (χ2v) is 8.01. The summed E-state index contributed by atoms with van der Waals surface area (Å²) in [5.41, 5.74) is 1.45. The number of ether oxygens (including phenoxy) is 2. The maximum Gasteiger partial charge on any atom is 0.347 e. The predicted molar refractivity (Wildman–Crippen MR) is 137 cm³/mol. The predicted octanol–water partition coefficient (Wildman–Crippen LogP) is 5.02. The van der Waals surface area contributed by atoms with Crippen molar-refractivity contribution in [1.82, 2.24) is 9.66 Å². The molecule has 0 saturated carbocycles. The summed E-state index contributed by atoms with van der Waals surface area (Å²) in [7, 11) is 0. The molecule has 0 unspecified atom stereocenters. The Morgan fingerprint density at radius 3 is 2.67 bits per heavy atom. The van der Waals surface area contributed by atoms with Crippen LogP contribution < -0.4 is 10.3 Å². The quantitative estimate of drug-likeness (QED) is 0.239. The largest absolute Gasteiger partial charge is 0.478 e. The van der Waals surface area contributed by atoms with Crippen LogP contribution >= 0.6 is 0 Å². The van der Waals surface area contributed by atoms with Gasteiger partial charge in [0.15, 0.2) is 11.9 Å². The number of para-hydroxylation sites is 3. The van der Waals surface area contributed by atoms with E-state index in [1.165, 1.54) is 10.9 Å². The Kier molecular flexibility index (Phi) is 6.32. The van der Waals surface area contributed by atoms with E-state index in [9.17, 15) is 9.59 Å². The van der Waals surface area contributed by atoms with Crippen LogP contribution in [0.1, 0.15) is 19.4 Å². The first-order chi connectivity index (χ1) is 17.5. The van der Waals surface area contributed by atoms with Crippen molar-refractivity contribution in [3.05, 3.63) is 94.8 Å². The molecule has 0 N–H and O–H groups in total. The number of aromatic nitrogens is 2. The molecule has 0 radical (unpaired) electrons. The zero-order valence-electron chi connectivity index (χ0n) is 19.8. The fourth-order valence-corrected chi connectivity index (χ4v) is 3.80. The second-order valence-electron chi connectivity index (χ2n) is 8.01. The van der Waals surface area contributed by atoms with Crippen molar-refractivity contribution in [2.24, 2.45) is 5.10 Å². The number of nitrogens with zero attached hydrogens (tertiary/aromatic N) is 3. The molecular formula is C28H23N3O5. The molecule has 2 heterocycles. The summed E-state index contributed by atoms with van der Waals surface area (Å²) in [6.45, 7) is 3.61. The average molecular weight is 482 g/mol. The van der Waals surface area contributed by atoms with Crippen LogP contribution in [-0.4, -0.2) is 34.6 Å². The van der Waals surface area contributed by atoms with Crippen LogP contribution in [0.5, 0.6) is 5.75 Å². The minimum atomic E-state index is -0.810. The van der Waals surface area contributed by atoms with Gasteiger partial charge in [-0.15, -0.1) is 0 Å². The van der Waals surface area contributed by atoms with Gasteiger partial charge < -0.3 is 13.9 Å². The van der Waals surface area contributed by atoms with Gasteiger partial charge in [-0.2, -0.15) is 9.78 Å². The van der Waals surface area contributed by atoms with Gasteiger partial charge in [-0.05, 0) is 50.2 Å². The normalized spacial score (nSPS) is 12.3. The van der Waals surface area contributed by atoms with Crippen molar-refractivity contribution in [2.45, 2.75) is 20.0 Å². The van der Waals surface area contributed by atoms with Crippen LogP contribution in [0.4, 0.5) is 0 Å². The van der Waals surface area contributed by atoms with E-state index in [0.717, 1.165) is 5.39 Å². The summed E-state index contributed by atoms with van der Waals surface area (Å²) in [6.07, 6.45) is 0.688. The first-order valence-electron chi connectivity index (χ1n) is 11.5. The summed E-state index contributed by atoms with van der Waals surface area (Å²) >= 11 is 0. The van der Waals surface area contributed by atoms with Crippen LogP contribution in [0.3, 0.4) is 0 Å². The van der Waals surface area contributed by atoms with Crippen LogP contribution in [0.2, 0.25) is 0 Å². The molecule has 5 aromatic rings. The Morgan fingerprint density at radius 1 is 1.08 bits per heavy atom. The van der Waals surface area contributed by atoms with Gasteiger partial charge in [-0.3, -0.25) is 4.79 Å². The molecule has 0 bridgehead atoms. The third kappa shape index (κ3) is 4.48. The maximum absolute atomic E-state index is 13.5. The highest BCUT2D eigenvalue weighted by molar-refractivity contribution is 5.86. The van der Waals surface area contributed by atoms with E-state index in [4.69, 9.17) is 18.9 Å². The van der Waals surface area contributed by atoms with E-state index in [0.29, 0.717) is 33.6 Å². The van der Waals surface area contributed by atoms with E-state index in [2.05, 4.69) is 5.10 Å². The number of esters is 1. The monoisotopic (exact) mass is 481 g/mol. The zero-order valence-corrected chi connectivity index (χ0v) is 19.8. The van der Waals surface area contributed by atoms with Crippen LogP contribution in [-0.2, 0) is 9.53 Å². The molecule has 8 heteroatoms. The summed E-state index contributed by atoms with van der Waals surface area (Å²) in [5.74, 6) is 0.640. The fraction of sp³-hybridized carbons (Fsp3) is 0.143. The molecule has 0 saturated heterocycles. The van der Waals surface area contributed by atoms with E-state index in [1.54, 1.807) is 50.2 Å². The van der Waals surface area contributed by atoms with Crippen LogP contribution in [0.15, 0.2) is 93.2 Å². The van der Waals surface area contributed by atoms with Crippen molar-refractivity contribution in [1.29, 1.82) is 0 Å². The van der Waals surface area contributed by atoms with Gasteiger partial charge in [0.2, 0.25) is 5.82 Å². The lowest BCUT2D eigenvalue weighted by Gasteiger charge is -2.15. The second kappa shape index (κ2) is 9.87. The molecule has 180 valence electrons. The highest BCUT2D eigenvalue weighted by Gasteiger charge is 2.18. The van der Waals surface area contributed by atoms with Crippen molar-refractivity contribution in [2.75, 3.05) is 6.61 Å². The number of furan rings is 1. The van der Waals surface area contributed by atoms with Crippen LogP contribution in [0, 0.1) is 0 Å². The van der Waals surface area contributed by atoms with Crippen molar-refractivity contribution in [3.8, 4) is 17.3 Å². The van der Waals surface area contributed by atoms with E-state index in [1.807, 2.05) is 42.5 Å². The third-order valence-electron chi connectivity index (χ3n) is 5.55. The molecule has 8 nitrogen and oxygen atoms in total. The Bertz CT molecular complexity index is 1620. The van der Waals surface area contributed by atoms with Gasteiger partial charge in [-0.1, -0.05) is 42.5 Å². The first kappa shape index (κ1) is 23.0. The molecule has 2 aromatic heterocycles. The van der Waals surface area contributed by atoms with Crippen molar-refractivity contribution in [3.63, 3.8) is 0 Å². The highest BCUT2D eigenvalue weighted by atomic mass is 16.6. The molecule has 0 aliphatic heterocycles. The Morgan fingerprint density at radius 2 is 1.83 bits per heavy atom. The number of benzene rings is 3. The molecule has 1 atom stereocenters.